The molecule has 0 aliphatic heterocycles. The van der Waals surface area contributed by atoms with Crippen LogP contribution in [0.1, 0.15) is 13.3 Å². The molecule has 0 amide bonds. The Balaban J connectivity index is 0.000000157. The average molecular weight is 313 g/mol. The molecule has 1 aliphatic carbocycles. The summed E-state index contributed by atoms with van der Waals surface area (Å²) in [6.45, 7) is 2.06. The predicted molar refractivity (Wildman–Crippen MR) is 77.4 cm³/mol. The molecule has 0 nitrogen and oxygen atoms in total. The molecule has 3 rings (SSSR count). The van der Waals surface area contributed by atoms with Crippen LogP contribution in [-0.2, 0) is 17.0 Å². The molecule has 0 atom stereocenters. The second kappa shape index (κ2) is 9.52. The fourth-order valence-corrected chi connectivity index (χ4v) is 1.58. The zero-order valence-corrected chi connectivity index (χ0v) is 13.2. The Morgan fingerprint density at radius 3 is 2.44 bits per heavy atom. The van der Waals surface area contributed by atoms with Crippen molar-refractivity contribution in [1.29, 1.82) is 0 Å². The molecule has 3 heteroatoms. The van der Waals surface area contributed by atoms with Crippen molar-refractivity contribution >= 4 is 29.4 Å². The minimum Gasteiger partial charge on any atom is -0.168 e. The Morgan fingerprint density at radius 2 is 1.94 bits per heavy atom. The fraction of sp³-hybridized carbons (Fsp3) is 0.133. The van der Waals surface area contributed by atoms with Crippen LogP contribution in [0.15, 0.2) is 60.2 Å². The minimum absolute atomic E-state index is 0.556. The first-order chi connectivity index (χ1) is 8.77. The quantitative estimate of drug-likeness (QED) is 0.437. The second-order valence-electron chi connectivity index (χ2n) is 3.69. The van der Waals surface area contributed by atoms with E-state index in [1.165, 1.54) is 16.3 Å². The number of hydrogen-bond acceptors (Lipinski definition) is 0. The van der Waals surface area contributed by atoms with Gasteiger partial charge in [-0.3, -0.25) is 6.08 Å². The van der Waals surface area contributed by atoms with Gasteiger partial charge in [-0.05, 0) is 0 Å². The summed E-state index contributed by atoms with van der Waals surface area (Å²) >= 11 is -0.556. The van der Waals surface area contributed by atoms with Crippen molar-refractivity contribution in [3.8, 4) is 0 Å². The van der Waals surface area contributed by atoms with Crippen molar-refractivity contribution in [3.05, 3.63) is 66.3 Å². The van der Waals surface area contributed by atoms with Crippen molar-refractivity contribution in [2.75, 3.05) is 0 Å². The topological polar surface area (TPSA) is 0 Å². The summed E-state index contributed by atoms with van der Waals surface area (Å²) in [5, 5.41) is 2.66. The number of fused-ring (bicyclic) bond motifs is 1. The third-order valence-electron chi connectivity index (χ3n) is 2.41. The molecule has 0 unspecified atom stereocenters. The van der Waals surface area contributed by atoms with Crippen molar-refractivity contribution in [2.45, 2.75) is 13.3 Å². The third kappa shape index (κ3) is 5.97. The van der Waals surface area contributed by atoms with Gasteiger partial charge in [-0.25, -0.2) is 11.6 Å². The van der Waals surface area contributed by atoms with Crippen LogP contribution in [0.3, 0.4) is 0 Å². The SMILES string of the molecule is CC1=[C-]CC=C1.[Cl][Ti][Cl].c1ccc2[cH-]ccc2c1. The number of rotatable bonds is 0. The first kappa shape index (κ1) is 15.7. The van der Waals surface area contributed by atoms with Gasteiger partial charge in [-0.2, -0.15) is 23.6 Å². The van der Waals surface area contributed by atoms with Crippen LogP contribution >= 0.6 is 18.6 Å². The van der Waals surface area contributed by atoms with Crippen LogP contribution in [0.5, 0.6) is 0 Å². The molecule has 0 aromatic heterocycles. The van der Waals surface area contributed by atoms with Crippen LogP contribution in [0.4, 0.5) is 0 Å². The van der Waals surface area contributed by atoms with E-state index in [-0.39, 0.29) is 0 Å². The van der Waals surface area contributed by atoms with Gasteiger partial charge in [0.2, 0.25) is 0 Å². The van der Waals surface area contributed by atoms with E-state index >= 15 is 0 Å². The van der Waals surface area contributed by atoms with Gasteiger partial charge in [-0.1, -0.05) is 13.0 Å². The van der Waals surface area contributed by atoms with Crippen LogP contribution in [0.2, 0.25) is 0 Å². The van der Waals surface area contributed by atoms with Gasteiger partial charge < -0.3 is 0 Å². The number of halogens is 2. The zero-order chi connectivity index (χ0) is 13.2. The summed E-state index contributed by atoms with van der Waals surface area (Å²) in [4.78, 5) is 0. The molecule has 0 bridgehead atoms. The molecule has 18 heavy (non-hydrogen) atoms. The Kier molecular flexibility index (Phi) is 8.29. The van der Waals surface area contributed by atoms with Crippen molar-refractivity contribution in [1.82, 2.24) is 0 Å². The second-order valence-corrected chi connectivity index (χ2v) is 6.27. The van der Waals surface area contributed by atoms with Gasteiger partial charge in [-0.15, -0.1) is 36.1 Å². The van der Waals surface area contributed by atoms with E-state index in [9.17, 15) is 0 Å². The van der Waals surface area contributed by atoms with Gasteiger partial charge in [0, 0.05) is 0 Å². The molecule has 0 heterocycles. The van der Waals surface area contributed by atoms with Gasteiger partial charge in [0.05, 0.1) is 0 Å². The van der Waals surface area contributed by atoms with Crippen molar-refractivity contribution in [2.24, 2.45) is 0 Å². The molecule has 0 saturated heterocycles. The fourth-order valence-electron chi connectivity index (χ4n) is 1.58. The van der Waals surface area contributed by atoms with Crippen LogP contribution in [0.25, 0.3) is 10.8 Å². The van der Waals surface area contributed by atoms with Crippen molar-refractivity contribution < 1.29 is 17.0 Å². The van der Waals surface area contributed by atoms with Gasteiger partial charge in [0.1, 0.15) is 0 Å². The first-order valence-electron chi connectivity index (χ1n) is 5.58. The van der Waals surface area contributed by atoms with E-state index in [0.29, 0.717) is 0 Å². The minimum atomic E-state index is -0.556. The van der Waals surface area contributed by atoms with E-state index in [0.717, 1.165) is 6.42 Å². The molecule has 2 aromatic rings. The normalized spacial score (nSPS) is 12.1. The van der Waals surface area contributed by atoms with Crippen LogP contribution < -0.4 is 0 Å². The molecular weight excluding hydrogens is 299 g/mol. The summed E-state index contributed by atoms with van der Waals surface area (Å²) in [5.74, 6) is 0. The summed E-state index contributed by atoms with van der Waals surface area (Å²) in [6.07, 6.45) is 8.33. The summed E-state index contributed by atoms with van der Waals surface area (Å²) in [7, 11) is 9.78. The maximum absolute atomic E-state index is 4.89. The molecule has 94 valence electrons. The Hall–Kier alpha value is -0.396. The van der Waals surface area contributed by atoms with Gasteiger partial charge in [0.25, 0.3) is 0 Å². The molecule has 0 fully saturated rings. The zero-order valence-electron chi connectivity index (χ0n) is 10.2. The van der Waals surface area contributed by atoms with E-state index < -0.39 is 17.0 Å². The van der Waals surface area contributed by atoms with E-state index in [4.69, 9.17) is 18.6 Å². The number of benzene rings is 1. The number of allylic oxidation sites excluding steroid dienone is 4. The summed E-state index contributed by atoms with van der Waals surface area (Å²) in [5.41, 5.74) is 1.27. The van der Waals surface area contributed by atoms with E-state index in [1.807, 2.05) is 0 Å². The molecule has 0 N–H and O–H groups in total. The van der Waals surface area contributed by atoms with E-state index in [2.05, 4.69) is 67.6 Å². The average Bonchev–Trinajstić information content (AvgIpc) is 3.01. The van der Waals surface area contributed by atoms with Crippen molar-refractivity contribution in [3.63, 3.8) is 0 Å². The molecule has 0 spiro atoms. The third-order valence-corrected chi connectivity index (χ3v) is 2.41. The largest absolute Gasteiger partial charge is 0.168 e. The Labute approximate surface area is 125 Å². The first-order valence-corrected chi connectivity index (χ1v) is 9.88. The Morgan fingerprint density at radius 1 is 1.22 bits per heavy atom. The molecular formula is C15H14Cl2Ti-2. The van der Waals surface area contributed by atoms with Crippen LogP contribution in [-0.4, -0.2) is 0 Å². The molecule has 2 aromatic carbocycles. The predicted octanol–water partition coefficient (Wildman–Crippen LogP) is 5.63. The number of hydrogen-bond donors (Lipinski definition) is 0. The monoisotopic (exact) mass is 312 g/mol. The maximum Gasteiger partial charge on any atom is -0.0809 e. The maximum atomic E-state index is 4.89. The molecule has 0 saturated carbocycles. The summed E-state index contributed by atoms with van der Waals surface area (Å²) < 4.78 is 0. The Bertz CT molecular complexity index is 479. The standard InChI is InChI=1S/C9H7.C6H7.2ClH.Ti/c1-2-5-9-7-3-6-8(9)4-1;1-6-4-2-3-5-6;;;/h1-7H;2,4H,3H2,1H3;2*1H;/q2*-1;;;+2/p-2. The smallest absolute Gasteiger partial charge is 0.0809 e. The molecule has 1 aliphatic rings. The van der Waals surface area contributed by atoms with E-state index in [1.54, 1.807) is 0 Å². The van der Waals surface area contributed by atoms with Gasteiger partial charge >= 0.3 is 35.6 Å². The molecule has 0 radical (unpaired) electrons. The summed E-state index contributed by atoms with van der Waals surface area (Å²) in [6, 6.07) is 14.7. The van der Waals surface area contributed by atoms with Crippen LogP contribution in [0, 0.1) is 6.08 Å². The van der Waals surface area contributed by atoms with Gasteiger partial charge in [0.15, 0.2) is 0 Å².